The van der Waals surface area contributed by atoms with Crippen molar-refractivity contribution in [2.45, 2.75) is 19.3 Å². The molecule has 1 aromatic heterocycles. The van der Waals surface area contributed by atoms with Crippen molar-refractivity contribution in [2.75, 3.05) is 23.3 Å². The molecule has 1 N–H and O–H groups in total. The third-order valence-corrected chi connectivity index (χ3v) is 5.30. The first-order valence-electron chi connectivity index (χ1n) is 8.88. The average Bonchev–Trinajstić information content (AvgIpc) is 3.17. The Hall–Kier alpha value is -2.66. The lowest BCUT2D eigenvalue weighted by Crippen LogP contribution is -2.34. The van der Waals surface area contributed by atoms with Gasteiger partial charge in [-0.3, -0.25) is 4.79 Å². The quantitative estimate of drug-likeness (QED) is 0.703. The monoisotopic (exact) mass is 363 g/mol. The number of nitrogens with zero attached hydrogens (tertiary/aromatic N) is 2. The minimum absolute atomic E-state index is 0.252. The first kappa shape index (κ1) is 16.8. The Balaban J connectivity index is 1.36. The number of aryl methyl sites for hydroxylation is 1. The smallest absolute Gasteiger partial charge is 0.187 e. The maximum absolute atomic E-state index is 12.6. The third-order valence-electron chi connectivity index (χ3n) is 4.61. The average molecular weight is 363 g/mol. The number of rotatable bonds is 6. The number of carbonyl (C=O) groups excluding carboxylic acids is 1. The van der Waals surface area contributed by atoms with Crippen LogP contribution in [0.25, 0.3) is 0 Å². The van der Waals surface area contributed by atoms with Crippen molar-refractivity contribution >= 4 is 33.6 Å². The molecule has 4 nitrogen and oxygen atoms in total. The fourth-order valence-electron chi connectivity index (χ4n) is 3.39. The summed E-state index contributed by atoms with van der Waals surface area (Å²) in [5.41, 5.74) is 4.60. The van der Waals surface area contributed by atoms with E-state index in [2.05, 4.69) is 39.5 Å². The predicted molar refractivity (Wildman–Crippen MR) is 108 cm³/mol. The molecule has 0 atom stereocenters. The topological polar surface area (TPSA) is 45.2 Å². The van der Waals surface area contributed by atoms with Gasteiger partial charge in [0.2, 0.25) is 0 Å². The number of Topliss-reactive ketones (excluding diaryl/α,β-unsaturated/α-hetero) is 1. The first-order chi connectivity index (χ1) is 12.8. The fraction of sp³-hybridized carbons (Fsp3) is 0.238. The van der Waals surface area contributed by atoms with Crippen LogP contribution in [-0.2, 0) is 17.6 Å². The standard InChI is InChI=1S/C21H21N3OS/c25-19(15-24-12-3-5-17-4-1-2-6-20(17)24)14-16-7-9-18(10-8-16)23-21-22-11-13-26-21/h1-2,4,6-11,13H,3,5,12,14-15H2,(H,22,23). The number of benzene rings is 2. The van der Waals surface area contributed by atoms with E-state index in [1.807, 2.05) is 29.6 Å². The number of anilines is 3. The summed E-state index contributed by atoms with van der Waals surface area (Å²) in [4.78, 5) is 19.0. The maximum Gasteiger partial charge on any atom is 0.187 e. The normalized spacial score (nSPS) is 13.3. The van der Waals surface area contributed by atoms with Crippen molar-refractivity contribution in [2.24, 2.45) is 0 Å². The molecule has 0 amide bonds. The van der Waals surface area contributed by atoms with Gasteiger partial charge in [-0.1, -0.05) is 30.3 Å². The molecular weight excluding hydrogens is 342 g/mol. The van der Waals surface area contributed by atoms with Crippen molar-refractivity contribution in [1.82, 2.24) is 4.98 Å². The van der Waals surface area contributed by atoms with Crippen LogP contribution in [0.5, 0.6) is 0 Å². The minimum Gasteiger partial charge on any atom is -0.364 e. The van der Waals surface area contributed by atoms with E-state index in [1.54, 1.807) is 17.5 Å². The zero-order valence-corrected chi connectivity index (χ0v) is 15.3. The number of nitrogens with one attached hydrogen (secondary N) is 1. The van der Waals surface area contributed by atoms with Crippen LogP contribution >= 0.6 is 11.3 Å². The van der Waals surface area contributed by atoms with E-state index >= 15 is 0 Å². The van der Waals surface area contributed by atoms with Gasteiger partial charge in [0.05, 0.1) is 6.54 Å². The van der Waals surface area contributed by atoms with Gasteiger partial charge in [-0.15, -0.1) is 11.3 Å². The van der Waals surface area contributed by atoms with Crippen LogP contribution in [0.15, 0.2) is 60.1 Å². The fourth-order valence-corrected chi connectivity index (χ4v) is 3.94. The molecule has 0 saturated carbocycles. The second-order valence-electron chi connectivity index (χ2n) is 6.53. The van der Waals surface area contributed by atoms with Crippen molar-refractivity contribution < 1.29 is 4.79 Å². The van der Waals surface area contributed by atoms with Crippen LogP contribution in [0.2, 0.25) is 0 Å². The summed E-state index contributed by atoms with van der Waals surface area (Å²) in [6.07, 6.45) is 4.46. The van der Waals surface area contributed by atoms with E-state index in [0.717, 1.165) is 35.8 Å². The lowest BCUT2D eigenvalue weighted by atomic mass is 10.0. The zero-order chi connectivity index (χ0) is 17.8. The van der Waals surface area contributed by atoms with Crippen molar-refractivity contribution in [1.29, 1.82) is 0 Å². The molecule has 0 radical (unpaired) electrons. The third kappa shape index (κ3) is 3.94. The van der Waals surface area contributed by atoms with Gasteiger partial charge in [0.1, 0.15) is 0 Å². The lowest BCUT2D eigenvalue weighted by Gasteiger charge is -2.30. The van der Waals surface area contributed by atoms with E-state index in [1.165, 1.54) is 11.3 Å². The summed E-state index contributed by atoms with van der Waals surface area (Å²) in [6.45, 7) is 1.44. The summed E-state index contributed by atoms with van der Waals surface area (Å²) < 4.78 is 0. The molecule has 0 saturated heterocycles. The van der Waals surface area contributed by atoms with E-state index in [4.69, 9.17) is 0 Å². The van der Waals surface area contributed by atoms with Crippen LogP contribution in [0.1, 0.15) is 17.5 Å². The Morgan fingerprint density at radius 2 is 2.00 bits per heavy atom. The Bertz CT molecular complexity index is 875. The van der Waals surface area contributed by atoms with Crippen LogP contribution < -0.4 is 10.2 Å². The number of hydrogen-bond donors (Lipinski definition) is 1. The number of para-hydroxylation sites is 1. The van der Waals surface area contributed by atoms with Gasteiger partial charge in [0.15, 0.2) is 10.9 Å². The van der Waals surface area contributed by atoms with Gasteiger partial charge in [0.25, 0.3) is 0 Å². The number of ketones is 1. The summed E-state index contributed by atoms with van der Waals surface area (Å²) >= 11 is 1.56. The minimum atomic E-state index is 0.252. The highest BCUT2D eigenvalue weighted by molar-refractivity contribution is 7.13. The number of aromatic nitrogens is 1. The van der Waals surface area contributed by atoms with Crippen LogP contribution in [-0.4, -0.2) is 23.9 Å². The zero-order valence-electron chi connectivity index (χ0n) is 14.5. The van der Waals surface area contributed by atoms with E-state index in [0.29, 0.717) is 13.0 Å². The second kappa shape index (κ2) is 7.70. The summed E-state index contributed by atoms with van der Waals surface area (Å²) in [5, 5.41) is 6.07. The second-order valence-corrected chi connectivity index (χ2v) is 7.42. The molecule has 2 heterocycles. The predicted octanol–water partition coefficient (Wildman–Crippen LogP) is 4.45. The molecule has 0 bridgehead atoms. The van der Waals surface area contributed by atoms with Crippen molar-refractivity contribution in [3.8, 4) is 0 Å². The molecule has 2 aromatic carbocycles. The van der Waals surface area contributed by atoms with Gasteiger partial charge in [-0.05, 0) is 42.2 Å². The van der Waals surface area contributed by atoms with Gasteiger partial charge in [-0.2, -0.15) is 0 Å². The largest absolute Gasteiger partial charge is 0.364 e. The number of thiazole rings is 1. The van der Waals surface area contributed by atoms with Gasteiger partial charge in [-0.25, -0.2) is 4.98 Å². The summed E-state index contributed by atoms with van der Waals surface area (Å²) in [7, 11) is 0. The van der Waals surface area contributed by atoms with E-state index in [9.17, 15) is 4.79 Å². The van der Waals surface area contributed by atoms with Gasteiger partial charge >= 0.3 is 0 Å². The Labute approximate surface area is 157 Å². The van der Waals surface area contributed by atoms with E-state index < -0.39 is 0 Å². The molecule has 0 aliphatic carbocycles. The highest BCUT2D eigenvalue weighted by Gasteiger charge is 2.18. The highest BCUT2D eigenvalue weighted by Crippen LogP contribution is 2.26. The molecule has 1 aliphatic rings. The molecule has 0 fully saturated rings. The SMILES string of the molecule is O=C(Cc1ccc(Nc2nccs2)cc1)CN1CCCc2ccccc21. The highest BCUT2D eigenvalue weighted by atomic mass is 32.1. The maximum atomic E-state index is 12.6. The van der Waals surface area contributed by atoms with Crippen LogP contribution in [0.3, 0.4) is 0 Å². The molecule has 26 heavy (non-hydrogen) atoms. The van der Waals surface area contributed by atoms with Crippen molar-refractivity contribution in [3.63, 3.8) is 0 Å². The molecule has 0 spiro atoms. The summed E-state index contributed by atoms with van der Waals surface area (Å²) in [6, 6.07) is 16.4. The van der Waals surface area contributed by atoms with Crippen molar-refractivity contribution in [3.05, 3.63) is 71.2 Å². The van der Waals surface area contributed by atoms with Crippen LogP contribution in [0.4, 0.5) is 16.5 Å². The van der Waals surface area contributed by atoms with Gasteiger partial charge < -0.3 is 10.2 Å². The molecule has 4 rings (SSSR count). The molecule has 1 aliphatic heterocycles. The number of fused-ring (bicyclic) bond motifs is 1. The number of carbonyl (C=O) groups is 1. The Kier molecular flexibility index (Phi) is 4.97. The molecule has 5 heteroatoms. The van der Waals surface area contributed by atoms with Crippen LogP contribution in [0, 0.1) is 0 Å². The Morgan fingerprint density at radius 1 is 1.15 bits per heavy atom. The number of hydrogen-bond acceptors (Lipinski definition) is 5. The lowest BCUT2D eigenvalue weighted by molar-refractivity contribution is -0.117. The van der Waals surface area contributed by atoms with E-state index in [-0.39, 0.29) is 5.78 Å². The molecular formula is C21H21N3OS. The first-order valence-corrected chi connectivity index (χ1v) is 9.76. The molecule has 132 valence electrons. The Morgan fingerprint density at radius 3 is 2.81 bits per heavy atom. The van der Waals surface area contributed by atoms with Gasteiger partial charge in [0, 0.05) is 35.9 Å². The summed E-state index contributed by atoms with van der Waals surface area (Å²) in [5.74, 6) is 0.252. The molecule has 0 unspecified atom stereocenters. The molecule has 3 aromatic rings.